The molecule has 0 N–H and O–H groups in total. The Morgan fingerprint density at radius 3 is 2.79 bits per heavy atom. The minimum atomic E-state index is -0.425. The van der Waals surface area contributed by atoms with Crippen LogP contribution in [0.2, 0.25) is 0 Å². The number of benzene rings is 2. The summed E-state index contributed by atoms with van der Waals surface area (Å²) in [6.07, 6.45) is 2.86. The van der Waals surface area contributed by atoms with Gasteiger partial charge in [0, 0.05) is 30.9 Å². The van der Waals surface area contributed by atoms with E-state index in [1.807, 2.05) is 22.8 Å². The third kappa shape index (κ3) is 5.65. The highest BCUT2D eigenvalue weighted by Crippen LogP contribution is 2.23. The van der Waals surface area contributed by atoms with Crippen molar-refractivity contribution in [1.29, 1.82) is 0 Å². The molecule has 2 aromatic carbocycles. The van der Waals surface area contributed by atoms with E-state index in [1.54, 1.807) is 23.9 Å². The van der Waals surface area contributed by atoms with Crippen LogP contribution in [0.4, 0.5) is 5.69 Å². The molecule has 29 heavy (non-hydrogen) atoms. The molecular formula is C21H21N3O3S2. The number of hydrogen-bond acceptors (Lipinski definition) is 5. The highest BCUT2D eigenvalue weighted by molar-refractivity contribution is 7.98. The molecule has 0 bridgehead atoms. The Kier molecular flexibility index (Phi) is 7.37. The van der Waals surface area contributed by atoms with Gasteiger partial charge in [-0.1, -0.05) is 47.7 Å². The van der Waals surface area contributed by atoms with Gasteiger partial charge in [0.2, 0.25) is 5.91 Å². The number of nitrogens with zero attached hydrogens (tertiary/aromatic N) is 3. The van der Waals surface area contributed by atoms with Crippen LogP contribution in [0.5, 0.6) is 0 Å². The van der Waals surface area contributed by atoms with Gasteiger partial charge in [-0.05, 0) is 23.8 Å². The van der Waals surface area contributed by atoms with Gasteiger partial charge in [-0.15, -0.1) is 6.58 Å². The zero-order valence-corrected chi connectivity index (χ0v) is 17.5. The molecule has 3 rings (SSSR count). The van der Waals surface area contributed by atoms with Crippen LogP contribution in [0.1, 0.15) is 18.4 Å². The second-order valence-corrected chi connectivity index (χ2v) is 8.45. The van der Waals surface area contributed by atoms with Gasteiger partial charge in [0.1, 0.15) is 0 Å². The molecule has 0 aliphatic carbocycles. The Hall–Kier alpha value is -2.71. The van der Waals surface area contributed by atoms with Gasteiger partial charge < -0.3 is 4.57 Å². The number of allylic oxidation sites excluding steroid dienone is 1. The van der Waals surface area contributed by atoms with Crippen molar-refractivity contribution >= 4 is 44.9 Å². The summed E-state index contributed by atoms with van der Waals surface area (Å²) >= 11 is 3.08. The van der Waals surface area contributed by atoms with Crippen molar-refractivity contribution in [2.75, 3.05) is 5.75 Å². The van der Waals surface area contributed by atoms with Crippen molar-refractivity contribution in [1.82, 2.24) is 4.57 Å². The molecule has 1 amide bonds. The van der Waals surface area contributed by atoms with Gasteiger partial charge in [0.05, 0.1) is 15.1 Å². The van der Waals surface area contributed by atoms with Crippen molar-refractivity contribution in [2.45, 2.75) is 25.1 Å². The normalized spacial score (nSPS) is 11.7. The Morgan fingerprint density at radius 2 is 2.07 bits per heavy atom. The number of carbonyl (C=O) groups excluding carboxylic acids is 1. The monoisotopic (exact) mass is 427 g/mol. The minimum Gasteiger partial charge on any atom is -0.312 e. The third-order valence-electron chi connectivity index (χ3n) is 4.20. The van der Waals surface area contributed by atoms with Crippen molar-refractivity contribution in [3.05, 3.63) is 81.7 Å². The van der Waals surface area contributed by atoms with Gasteiger partial charge in [0.15, 0.2) is 4.80 Å². The zero-order valence-electron chi connectivity index (χ0n) is 15.8. The van der Waals surface area contributed by atoms with E-state index in [0.717, 1.165) is 28.1 Å². The number of thiazole rings is 1. The molecule has 0 unspecified atom stereocenters. The Labute approximate surface area is 176 Å². The number of aromatic nitrogens is 1. The lowest BCUT2D eigenvalue weighted by Crippen LogP contribution is -2.16. The van der Waals surface area contributed by atoms with Crippen LogP contribution in [0.3, 0.4) is 0 Å². The van der Waals surface area contributed by atoms with Crippen LogP contribution in [0, 0.1) is 10.1 Å². The number of hydrogen-bond donors (Lipinski definition) is 0. The molecule has 0 saturated heterocycles. The van der Waals surface area contributed by atoms with E-state index < -0.39 is 4.92 Å². The standard InChI is InChI=1S/C21H21N3O3S2/c1-2-12-23-18-11-10-17(24(26)27)14-19(18)29-21(23)22-20(25)9-6-13-28-15-16-7-4-3-5-8-16/h2-5,7-8,10-11,14H,1,6,9,12-13,15H2. The van der Waals surface area contributed by atoms with E-state index in [0.29, 0.717) is 17.8 Å². The lowest BCUT2D eigenvalue weighted by molar-refractivity contribution is -0.384. The summed E-state index contributed by atoms with van der Waals surface area (Å²) < 4.78 is 2.59. The van der Waals surface area contributed by atoms with E-state index in [2.05, 4.69) is 23.7 Å². The number of rotatable bonds is 9. The maximum atomic E-state index is 12.3. The average Bonchev–Trinajstić information content (AvgIpc) is 3.05. The molecule has 8 heteroatoms. The summed E-state index contributed by atoms with van der Waals surface area (Å²) in [6, 6.07) is 14.9. The fraction of sp³-hybridized carbons (Fsp3) is 0.238. The number of thioether (sulfide) groups is 1. The summed E-state index contributed by atoms with van der Waals surface area (Å²) in [5.41, 5.74) is 2.11. The number of amides is 1. The Balaban J connectivity index is 1.66. The fourth-order valence-corrected chi connectivity index (χ4v) is 4.83. The van der Waals surface area contributed by atoms with Crippen molar-refractivity contribution in [3.8, 4) is 0 Å². The van der Waals surface area contributed by atoms with Crippen molar-refractivity contribution in [3.63, 3.8) is 0 Å². The molecule has 0 saturated carbocycles. The number of nitro groups is 1. The van der Waals surface area contributed by atoms with Crippen LogP contribution >= 0.6 is 23.1 Å². The first-order valence-electron chi connectivity index (χ1n) is 9.16. The first kappa shape index (κ1) is 21.0. The van der Waals surface area contributed by atoms with Gasteiger partial charge in [0.25, 0.3) is 5.69 Å². The molecule has 1 aromatic heterocycles. The molecule has 3 aromatic rings. The molecule has 0 aliphatic rings. The first-order valence-corrected chi connectivity index (χ1v) is 11.1. The number of nitro benzene ring substituents is 1. The SMILES string of the molecule is C=CCn1c(=NC(=O)CCCSCc2ccccc2)sc2cc([N+](=O)[O-])ccc21. The van der Waals surface area contributed by atoms with Gasteiger partial charge in [-0.2, -0.15) is 16.8 Å². The summed E-state index contributed by atoms with van der Waals surface area (Å²) in [5, 5.41) is 11.0. The minimum absolute atomic E-state index is 0.0258. The van der Waals surface area contributed by atoms with Crippen molar-refractivity contribution < 1.29 is 9.72 Å². The first-order chi connectivity index (χ1) is 14.1. The maximum absolute atomic E-state index is 12.3. The predicted octanol–water partition coefficient (Wildman–Crippen LogP) is 4.94. The maximum Gasteiger partial charge on any atom is 0.270 e. The molecule has 0 radical (unpaired) electrons. The molecule has 0 atom stereocenters. The molecule has 6 nitrogen and oxygen atoms in total. The molecular weight excluding hydrogens is 406 g/mol. The summed E-state index contributed by atoms with van der Waals surface area (Å²) in [7, 11) is 0. The topological polar surface area (TPSA) is 77.5 Å². The third-order valence-corrected chi connectivity index (χ3v) is 6.36. The van der Waals surface area contributed by atoms with Gasteiger partial charge >= 0.3 is 0 Å². The largest absolute Gasteiger partial charge is 0.312 e. The second kappa shape index (κ2) is 10.2. The smallest absolute Gasteiger partial charge is 0.270 e. The van der Waals surface area contributed by atoms with Crippen LogP contribution in [0.15, 0.2) is 66.2 Å². The van der Waals surface area contributed by atoms with Crippen LogP contribution in [-0.2, 0) is 17.1 Å². The Morgan fingerprint density at radius 1 is 1.28 bits per heavy atom. The highest BCUT2D eigenvalue weighted by atomic mass is 32.2. The summed E-state index contributed by atoms with van der Waals surface area (Å²) in [5.74, 6) is 1.64. The highest BCUT2D eigenvalue weighted by Gasteiger charge is 2.12. The zero-order chi connectivity index (χ0) is 20.6. The molecule has 0 fully saturated rings. The number of carbonyl (C=O) groups is 1. The molecule has 150 valence electrons. The van der Waals surface area contributed by atoms with Gasteiger partial charge in [-0.25, -0.2) is 0 Å². The summed E-state index contributed by atoms with van der Waals surface area (Å²) in [4.78, 5) is 27.7. The van der Waals surface area contributed by atoms with Crippen LogP contribution in [0.25, 0.3) is 10.2 Å². The van der Waals surface area contributed by atoms with E-state index in [1.165, 1.54) is 29.0 Å². The van der Waals surface area contributed by atoms with E-state index in [-0.39, 0.29) is 11.6 Å². The predicted molar refractivity (Wildman–Crippen MR) is 119 cm³/mol. The van der Waals surface area contributed by atoms with E-state index >= 15 is 0 Å². The van der Waals surface area contributed by atoms with E-state index in [4.69, 9.17) is 0 Å². The number of fused-ring (bicyclic) bond motifs is 1. The quantitative estimate of drug-likeness (QED) is 0.210. The molecule has 0 aliphatic heterocycles. The fourth-order valence-electron chi connectivity index (χ4n) is 2.82. The van der Waals surface area contributed by atoms with Crippen LogP contribution in [-0.4, -0.2) is 21.2 Å². The molecule has 1 heterocycles. The van der Waals surface area contributed by atoms with Gasteiger partial charge in [-0.3, -0.25) is 14.9 Å². The second-order valence-electron chi connectivity index (χ2n) is 6.34. The average molecular weight is 428 g/mol. The lowest BCUT2D eigenvalue weighted by atomic mass is 10.2. The number of non-ortho nitro benzene ring substituents is 1. The Bertz CT molecular complexity index is 1090. The van der Waals surface area contributed by atoms with Crippen LogP contribution < -0.4 is 4.80 Å². The molecule has 0 spiro atoms. The van der Waals surface area contributed by atoms with Crippen molar-refractivity contribution in [2.24, 2.45) is 4.99 Å². The lowest BCUT2D eigenvalue weighted by Gasteiger charge is -2.02. The van der Waals surface area contributed by atoms with E-state index in [9.17, 15) is 14.9 Å². The summed E-state index contributed by atoms with van der Waals surface area (Å²) in [6.45, 7) is 4.23.